The average molecular weight is 273 g/mol. The van der Waals surface area contributed by atoms with E-state index in [1.165, 1.54) is 0 Å². The molecule has 0 spiro atoms. The highest BCUT2D eigenvalue weighted by Crippen LogP contribution is 2.26. The third-order valence-electron chi connectivity index (χ3n) is 3.12. The minimum atomic E-state index is 0.0589. The highest BCUT2D eigenvalue weighted by molar-refractivity contribution is 6.30. The Balaban J connectivity index is 1.82. The van der Waals surface area contributed by atoms with Crippen molar-refractivity contribution in [3.05, 3.63) is 34.9 Å². The van der Waals surface area contributed by atoms with Crippen LogP contribution in [0.3, 0.4) is 0 Å². The Kier molecular flexibility index (Phi) is 5.11. The predicted molar refractivity (Wildman–Crippen MR) is 74.0 cm³/mol. The van der Waals surface area contributed by atoms with Gasteiger partial charge < -0.3 is 10.2 Å². The van der Waals surface area contributed by atoms with Gasteiger partial charge in [0.25, 0.3) is 0 Å². The maximum absolute atomic E-state index is 6.40. The third-order valence-corrected chi connectivity index (χ3v) is 3.82. The smallest absolute Gasteiger partial charge is 0.0597 e. The third kappa shape index (κ3) is 4.14. The monoisotopic (exact) mass is 272 g/mol. The van der Waals surface area contributed by atoms with Crippen LogP contribution in [-0.4, -0.2) is 37.6 Å². The molecule has 0 bridgehead atoms. The summed E-state index contributed by atoms with van der Waals surface area (Å²) in [4.78, 5) is 2.45. The zero-order valence-electron chi connectivity index (χ0n) is 9.83. The maximum Gasteiger partial charge on any atom is 0.0597 e. The fraction of sp³-hybridized carbons (Fsp3) is 0.538. The zero-order chi connectivity index (χ0) is 12.1. The SMILES string of the molecule is Clc1cccc(C(Cl)CCN2CCNCC2)c1. The highest BCUT2D eigenvalue weighted by Gasteiger charge is 2.13. The van der Waals surface area contributed by atoms with Crippen LogP contribution in [0.25, 0.3) is 0 Å². The number of piperazine rings is 1. The van der Waals surface area contributed by atoms with Crippen LogP contribution < -0.4 is 5.32 Å². The van der Waals surface area contributed by atoms with E-state index >= 15 is 0 Å². The summed E-state index contributed by atoms with van der Waals surface area (Å²) in [7, 11) is 0. The Hall–Kier alpha value is -0.280. The van der Waals surface area contributed by atoms with Crippen molar-refractivity contribution in [3.63, 3.8) is 0 Å². The summed E-state index contributed by atoms with van der Waals surface area (Å²) >= 11 is 12.4. The number of benzene rings is 1. The molecule has 0 aromatic heterocycles. The van der Waals surface area contributed by atoms with Gasteiger partial charge in [-0.1, -0.05) is 23.7 Å². The summed E-state index contributed by atoms with van der Waals surface area (Å²) in [5.41, 5.74) is 1.12. The lowest BCUT2D eigenvalue weighted by Crippen LogP contribution is -2.43. The minimum Gasteiger partial charge on any atom is -0.314 e. The number of rotatable bonds is 4. The molecule has 1 N–H and O–H groups in total. The highest BCUT2D eigenvalue weighted by atomic mass is 35.5. The molecule has 1 saturated heterocycles. The second-order valence-electron chi connectivity index (χ2n) is 4.40. The molecule has 0 amide bonds. The lowest BCUT2D eigenvalue weighted by Gasteiger charge is -2.27. The fourth-order valence-electron chi connectivity index (χ4n) is 2.10. The first-order valence-electron chi connectivity index (χ1n) is 6.08. The fourth-order valence-corrected chi connectivity index (χ4v) is 2.53. The maximum atomic E-state index is 6.40. The average Bonchev–Trinajstić information content (AvgIpc) is 2.37. The zero-order valence-corrected chi connectivity index (χ0v) is 11.3. The predicted octanol–water partition coefficient (Wildman–Crippen LogP) is 2.92. The topological polar surface area (TPSA) is 15.3 Å². The quantitative estimate of drug-likeness (QED) is 0.848. The standard InChI is InChI=1S/C13H18Cl2N2/c14-12-3-1-2-11(10-12)13(15)4-7-17-8-5-16-6-9-17/h1-3,10,13,16H,4-9H2. The van der Waals surface area contributed by atoms with E-state index in [1.54, 1.807) is 0 Å². The van der Waals surface area contributed by atoms with Crippen molar-refractivity contribution in [1.29, 1.82) is 0 Å². The van der Waals surface area contributed by atoms with Crippen molar-refractivity contribution in [2.45, 2.75) is 11.8 Å². The Morgan fingerprint density at radius 3 is 2.76 bits per heavy atom. The first-order valence-corrected chi connectivity index (χ1v) is 6.90. The van der Waals surface area contributed by atoms with Crippen molar-refractivity contribution >= 4 is 23.2 Å². The Morgan fingerprint density at radius 1 is 1.29 bits per heavy atom. The molecule has 4 heteroatoms. The van der Waals surface area contributed by atoms with Crippen LogP contribution in [0, 0.1) is 0 Å². The van der Waals surface area contributed by atoms with Crippen LogP contribution in [-0.2, 0) is 0 Å². The van der Waals surface area contributed by atoms with Crippen molar-refractivity contribution < 1.29 is 0 Å². The van der Waals surface area contributed by atoms with E-state index in [0.717, 1.165) is 49.7 Å². The molecule has 1 aliphatic rings. The summed E-state index contributed by atoms with van der Waals surface area (Å²) in [5, 5.41) is 4.17. The van der Waals surface area contributed by atoms with Gasteiger partial charge in [0.05, 0.1) is 5.38 Å². The van der Waals surface area contributed by atoms with Gasteiger partial charge >= 0.3 is 0 Å². The van der Waals surface area contributed by atoms with Crippen molar-refractivity contribution in [2.24, 2.45) is 0 Å². The second-order valence-corrected chi connectivity index (χ2v) is 5.37. The minimum absolute atomic E-state index is 0.0589. The molecule has 0 radical (unpaired) electrons. The van der Waals surface area contributed by atoms with Gasteiger partial charge in [0.15, 0.2) is 0 Å². The summed E-state index contributed by atoms with van der Waals surface area (Å²) in [5.74, 6) is 0. The molecule has 1 heterocycles. The lowest BCUT2D eigenvalue weighted by atomic mass is 10.1. The molecule has 1 atom stereocenters. The molecule has 0 saturated carbocycles. The van der Waals surface area contributed by atoms with Crippen molar-refractivity contribution in [2.75, 3.05) is 32.7 Å². The number of hydrogen-bond acceptors (Lipinski definition) is 2. The van der Waals surface area contributed by atoms with Gasteiger partial charge in [-0.05, 0) is 30.7 Å². The van der Waals surface area contributed by atoms with Gasteiger partial charge in [0, 0.05) is 31.2 Å². The van der Waals surface area contributed by atoms with Crippen LogP contribution in [0.4, 0.5) is 0 Å². The number of nitrogens with one attached hydrogen (secondary N) is 1. The van der Waals surface area contributed by atoms with Gasteiger partial charge in [-0.15, -0.1) is 11.6 Å². The largest absolute Gasteiger partial charge is 0.314 e. The molecule has 17 heavy (non-hydrogen) atoms. The van der Waals surface area contributed by atoms with Gasteiger partial charge in [0.2, 0.25) is 0 Å². The normalized spacial score (nSPS) is 19.2. The first-order chi connectivity index (χ1) is 8.25. The number of alkyl halides is 1. The summed E-state index contributed by atoms with van der Waals surface area (Å²) in [6.45, 7) is 5.48. The van der Waals surface area contributed by atoms with Crippen LogP contribution >= 0.6 is 23.2 Å². The van der Waals surface area contributed by atoms with E-state index in [2.05, 4.69) is 10.2 Å². The molecular formula is C13H18Cl2N2. The molecule has 1 aromatic carbocycles. The Bertz CT molecular complexity index is 351. The van der Waals surface area contributed by atoms with Crippen LogP contribution in [0.2, 0.25) is 5.02 Å². The van der Waals surface area contributed by atoms with Gasteiger partial charge in [-0.2, -0.15) is 0 Å². The van der Waals surface area contributed by atoms with Crippen molar-refractivity contribution in [3.8, 4) is 0 Å². The first kappa shape index (κ1) is 13.2. The van der Waals surface area contributed by atoms with Crippen molar-refractivity contribution in [1.82, 2.24) is 10.2 Å². The molecule has 2 rings (SSSR count). The van der Waals surface area contributed by atoms with Crippen LogP contribution in [0.15, 0.2) is 24.3 Å². The molecule has 1 aromatic rings. The molecule has 1 fully saturated rings. The molecule has 2 nitrogen and oxygen atoms in total. The van der Waals surface area contributed by atoms with Gasteiger partial charge in [-0.3, -0.25) is 0 Å². The van der Waals surface area contributed by atoms with E-state index in [4.69, 9.17) is 23.2 Å². The van der Waals surface area contributed by atoms with Crippen LogP contribution in [0.1, 0.15) is 17.4 Å². The lowest BCUT2D eigenvalue weighted by molar-refractivity contribution is 0.237. The van der Waals surface area contributed by atoms with E-state index in [0.29, 0.717) is 0 Å². The van der Waals surface area contributed by atoms with Gasteiger partial charge in [-0.25, -0.2) is 0 Å². The van der Waals surface area contributed by atoms with E-state index in [1.807, 2.05) is 24.3 Å². The molecule has 1 unspecified atom stereocenters. The van der Waals surface area contributed by atoms with Gasteiger partial charge in [0.1, 0.15) is 0 Å². The number of nitrogens with zero attached hydrogens (tertiary/aromatic N) is 1. The number of halogens is 2. The summed E-state index contributed by atoms with van der Waals surface area (Å²) in [6.07, 6.45) is 0.974. The summed E-state index contributed by atoms with van der Waals surface area (Å²) < 4.78 is 0. The Labute approximate surface area is 113 Å². The van der Waals surface area contributed by atoms with E-state index in [-0.39, 0.29) is 5.38 Å². The molecule has 0 aliphatic carbocycles. The molecule has 1 aliphatic heterocycles. The molecule has 94 valence electrons. The van der Waals surface area contributed by atoms with Crippen LogP contribution in [0.5, 0.6) is 0 Å². The van der Waals surface area contributed by atoms with E-state index in [9.17, 15) is 0 Å². The summed E-state index contributed by atoms with van der Waals surface area (Å²) in [6, 6.07) is 7.83. The molecular weight excluding hydrogens is 255 g/mol. The number of hydrogen-bond donors (Lipinski definition) is 1. The second kappa shape index (κ2) is 6.60. The van der Waals surface area contributed by atoms with E-state index < -0.39 is 0 Å². The Morgan fingerprint density at radius 2 is 2.06 bits per heavy atom.